The van der Waals surface area contributed by atoms with Crippen LogP contribution in [-0.2, 0) is 37.2 Å². The predicted molar refractivity (Wildman–Crippen MR) is 210 cm³/mol. The molecule has 3 rings (SSSR count). The van der Waals surface area contributed by atoms with Gasteiger partial charge in [0.2, 0.25) is 0 Å². The summed E-state index contributed by atoms with van der Waals surface area (Å²) in [6, 6.07) is 0. The number of nitrogens with zero attached hydrogens (tertiary/aromatic N) is 4. The maximum absolute atomic E-state index is 5.05. The second-order valence-corrected chi connectivity index (χ2v) is 17.7. The number of ether oxygens (including phenoxy) is 1. The fraction of sp³-hybridized carbons (Fsp3) is 0.810. The molecule has 0 atom stereocenters. The summed E-state index contributed by atoms with van der Waals surface area (Å²) in [5, 5.41) is 0. The topological polar surface area (TPSA) is 63.2 Å². The van der Waals surface area contributed by atoms with Crippen molar-refractivity contribution in [2.75, 3.05) is 6.61 Å². The molecule has 0 N–H and O–H groups in total. The molecule has 0 amide bonds. The van der Waals surface area contributed by atoms with E-state index in [0.29, 0.717) is 0 Å². The molecule has 0 fully saturated rings. The van der Waals surface area contributed by atoms with E-state index in [-0.39, 0.29) is 70.2 Å². The zero-order chi connectivity index (χ0) is 36.5. The van der Waals surface area contributed by atoms with Crippen LogP contribution in [0.3, 0.4) is 0 Å². The van der Waals surface area contributed by atoms with Gasteiger partial charge in [-0.3, -0.25) is 0 Å². The maximum atomic E-state index is 5.05. The summed E-state index contributed by atoms with van der Waals surface area (Å²) in [6.07, 6.45) is 13.8. The van der Waals surface area contributed by atoms with Crippen LogP contribution in [0, 0.1) is 0 Å². The molecule has 0 aromatic carbocycles. The van der Waals surface area contributed by atoms with Gasteiger partial charge in [0.15, 0.2) is 0 Å². The van der Waals surface area contributed by atoms with Gasteiger partial charge in [-0.15, -0.1) is 0 Å². The molecular weight excluding hydrogens is 617 g/mol. The molecule has 0 saturated carbocycles. The van der Waals surface area contributed by atoms with E-state index >= 15 is 0 Å². The van der Waals surface area contributed by atoms with Crippen molar-refractivity contribution in [1.82, 2.24) is 19.9 Å². The molecule has 0 saturated heterocycles. The molecule has 0 bridgehead atoms. The van der Waals surface area contributed by atoms with E-state index in [4.69, 9.17) is 24.7 Å². The molecule has 0 spiro atoms. The van der Waals surface area contributed by atoms with E-state index < -0.39 is 0 Å². The molecule has 5 nitrogen and oxygen atoms in total. The van der Waals surface area contributed by atoms with Crippen molar-refractivity contribution < 1.29 is 4.74 Å². The largest absolute Gasteiger partial charge is 2.00 e. The number of aromatic nitrogens is 4. The summed E-state index contributed by atoms with van der Waals surface area (Å²) in [5.74, 6) is 2.08. The summed E-state index contributed by atoms with van der Waals surface area (Å²) in [4.78, 5) is 20.2. The predicted octanol–water partition coefficient (Wildman–Crippen LogP) is 11.5. The van der Waals surface area contributed by atoms with Crippen LogP contribution in [0.1, 0.15) is 217 Å². The summed E-state index contributed by atoms with van der Waals surface area (Å²) in [7, 11) is 0. The minimum atomic E-state index is 0. The first-order valence-corrected chi connectivity index (χ1v) is 18.9. The third-order valence-corrected chi connectivity index (χ3v) is 11.0. The Kier molecular flexibility index (Phi) is 18.9. The van der Waals surface area contributed by atoms with Gasteiger partial charge in [-0.2, -0.15) is 0 Å². The monoisotopic (exact) mass is 693 g/mol. The quantitative estimate of drug-likeness (QED) is 0.184. The van der Waals surface area contributed by atoms with E-state index in [1.165, 1.54) is 35.6 Å². The van der Waals surface area contributed by atoms with E-state index in [1.807, 2.05) is 6.08 Å². The van der Waals surface area contributed by atoms with Gasteiger partial charge >= 0.3 is 37.7 Å². The van der Waals surface area contributed by atoms with Crippen molar-refractivity contribution in [3.8, 4) is 0 Å². The van der Waals surface area contributed by atoms with Crippen molar-refractivity contribution in [3.63, 3.8) is 0 Å². The summed E-state index contributed by atoms with van der Waals surface area (Å²) in [6.45, 7) is 41.8. The molecule has 0 unspecified atom stereocenters. The Labute approximate surface area is 328 Å². The molecule has 272 valence electrons. The number of rotatable bonds is 14. The zero-order valence-electron chi connectivity index (χ0n) is 35.1. The Morgan fingerprint density at radius 1 is 0.542 bits per heavy atom. The van der Waals surface area contributed by atoms with Gasteiger partial charge < -0.3 is 24.7 Å². The molecule has 3 heterocycles. The van der Waals surface area contributed by atoms with Gasteiger partial charge in [-0.25, -0.2) is 0 Å². The first-order valence-electron chi connectivity index (χ1n) is 18.9. The molecule has 1 aliphatic rings. The molecule has 6 heteroatoms. The van der Waals surface area contributed by atoms with Crippen LogP contribution in [0.15, 0.2) is 12.3 Å². The smallest absolute Gasteiger partial charge is 0.501 e. The first kappa shape index (κ1) is 47.2. The van der Waals surface area contributed by atoms with Crippen LogP contribution >= 0.6 is 0 Å². The Morgan fingerprint density at radius 2 is 0.875 bits per heavy atom. The van der Waals surface area contributed by atoms with Crippen LogP contribution in [0.25, 0.3) is 0 Å². The Morgan fingerprint density at radius 3 is 1.08 bits per heavy atom. The fourth-order valence-electron chi connectivity index (χ4n) is 5.66. The second-order valence-electron chi connectivity index (χ2n) is 17.7. The SMILES string of the molecule is C1=COCC1.CCCC(C)(C)c1nc(C(C)(C)CC)c(C(C)(C)CC)[n-]1.CCCC(C)(C)c1nc(C(C)(C)CC)c(C(C)(C)CC)[n-]1.[Ca+2]. The van der Waals surface area contributed by atoms with Gasteiger partial charge in [0.1, 0.15) is 0 Å². The van der Waals surface area contributed by atoms with E-state index in [1.54, 1.807) is 6.26 Å². The van der Waals surface area contributed by atoms with Crippen LogP contribution in [0.2, 0.25) is 0 Å². The normalized spacial score (nSPS) is 14.0. The minimum Gasteiger partial charge on any atom is -0.501 e. The molecule has 48 heavy (non-hydrogen) atoms. The fourth-order valence-corrected chi connectivity index (χ4v) is 5.66. The molecule has 1 aliphatic heterocycles. The average molecular weight is 693 g/mol. The van der Waals surface area contributed by atoms with Crippen molar-refractivity contribution in [3.05, 3.63) is 46.8 Å². The molecule has 2 aromatic rings. The molecule has 0 aliphatic carbocycles. The Bertz CT molecular complexity index is 1080. The summed E-state index contributed by atoms with van der Waals surface area (Å²) in [5.41, 5.74) is 5.37. The standard InChI is InChI=1S/2C19H35N2.C4H6O.Ca/c2*1-10-13-19(8,9)16-20-14(17(4,5)11-2)15(21-16)18(6,7)12-3;1-2-4-5-3-1;/h2*10-13H2,1-9H3;1,3H,2,4H2;/q2*-1;;+2. The Balaban J connectivity index is 0.000000786. The third-order valence-electron chi connectivity index (χ3n) is 11.0. The maximum Gasteiger partial charge on any atom is 2.00 e. The van der Waals surface area contributed by atoms with Gasteiger partial charge in [-0.1, -0.05) is 172 Å². The van der Waals surface area contributed by atoms with Crippen molar-refractivity contribution in [2.45, 2.75) is 215 Å². The van der Waals surface area contributed by atoms with Crippen LogP contribution in [0.5, 0.6) is 0 Å². The van der Waals surface area contributed by atoms with E-state index in [2.05, 4.69) is 125 Å². The minimum absolute atomic E-state index is 0. The van der Waals surface area contributed by atoms with Gasteiger partial charge in [0.25, 0.3) is 0 Å². The zero-order valence-corrected chi connectivity index (χ0v) is 37.3. The summed E-state index contributed by atoms with van der Waals surface area (Å²) >= 11 is 0. The summed E-state index contributed by atoms with van der Waals surface area (Å²) < 4.78 is 4.76. The molecule has 0 radical (unpaired) electrons. The molecule has 2 aromatic heterocycles. The molecular formula is C42H76CaN4O. The van der Waals surface area contributed by atoms with Crippen LogP contribution < -0.4 is 9.97 Å². The third kappa shape index (κ3) is 12.5. The van der Waals surface area contributed by atoms with Crippen LogP contribution in [0.4, 0.5) is 0 Å². The Hall–Kier alpha value is -0.780. The van der Waals surface area contributed by atoms with Crippen LogP contribution in [-0.4, -0.2) is 54.3 Å². The number of hydrogen-bond donors (Lipinski definition) is 0. The number of imidazole rings is 2. The van der Waals surface area contributed by atoms with Gasteiger partial charge in [-0.05, 0) is 77.1 Å². The first-order chi connectivity index (χ1) is 21.5. The number of hydrogen-bond acceptors (Lipinski definition) is 3. The second kappa shape index (κ2) is 19.2. The van der Waals surface area contributed by atoms with Crippen molar-refractivity contribution in [1.29, 1.82) is 0 Å². The van der Waals surface area contributed by atoms with E-state index in [9.17, 15) is 0 Å². The van der Waals surface area contributed by atoms with Gasteiger partial charge in [0, 0.05) is 6.42 Å². The van der Waals surface area contributed by atoms with E-state index in [0.717, 1.165) is 63.2 Å². The van der Waals surface area contributed by atoms with Gasteiger partial charge in [0.05, 0.1) is 12.9 Å². The van der Waals surface area contributed by atoms with Crippen molar-refractivity contribution >= 4 is 37.7 Å². The average Bonchev–Trinajstić information content (AvgIpc) is 3.80. The van der Waals surface area contributed by atoms with Crippen molar-refractivity contribution in [2.24, 2.45) is 0 Å².